The minimum Gasteiger partial charge on any atom is -0.326 e. The number of hydrogen-bond acceptors (Lipinski definition) is 4. The van der Waals surface area contributed by atoms with Crippen LogP contribution in [0.25, 0.3) is 0 Å². The van der Waals surface area contributed by atoms with Gasteiger partial charge in [-0.2, -0.15) is 0 Å². The van der Waals surface area contributed by atoms with Crippen LogP contribution in [0, 0.1) is 0 Å². The molecule has 2 aromatic carbocycles. The molecule has 2 amide bonds. The number of hydrogen-bond donors (Lipinski definition) is 2. The van der Waals surface area contributed by atoms with Gasteiger partial charge in [0.1, 0.15) is 6.04 Å². The van der Waals surface area contributed by atoms with Crippen molar-refractivity contribution in [2.24, 2.45) is 0 Å². The molecule has 0 aliphatic rings. The van der Waals surface area contributed by atoms with E-state index in [1.165, 1.54) is 6.92 Å². The van der Waals surface area contributed by atoms with Gasteiger partial charge in [-0.3, -0.25) is 13.9 Å². The van der Waals surface area contributed by atoms with Gasteiger partial charge < -0.3 is 10.6 Å². The zero-order chi connectivity index (χ0) is 20.9. The second kappa shape index (κ2) is 9.07. The van der Waals surface area contributed by atoms with E-state index in [1.54, 1.807) is 55.5 Å². The highest BCUT2D eigenvalue weighted by Crippen LogP contribution is 2.25. The lowest BCUT2D eigenvalue weighted by atomic mass is 10.1. The minimum absolute atomic E-state index is 0.199. The summed E-state index contributed by atoms with van der Waals surface area (Å²) in [6.45, 7) is 3.14. The maximum atomic E-state index is 12.8. The third-order valence-electron chi connectivity index (χ3n) is 3.88. The van der Waals surface area contributed by atoms with Crippen LogP contribution < -0.4 is 14.9 Å². The Kier molecular flexibility index (Phi) is 7.04. The third-order valence-corrected chi connectivity index (χ3v) is 5.32. The number of halogens is 1. The van der Waals surface area contributed by atoms with E-state index in [4.69, 9.17) is 11.6 Å². The van der Waals surface area contributed by atoms with Crippen molar-refractivity contribution in [3.8, 4) is 0 Å². The molecule has 0 aromatic heterocycles. The molecule has 0 heterocycles. The SMILES string of the molecule is CC[C@@H](C(=O)Nc1ccc(NC(C)=O)cc1)N(c1ccc(Cl)cc1)S(C)(=O)=O. The van der Waals surface area contributed by atoms with Crippen LogP contribution in [0.5, 0.6) is 0 Å². The summed E-state index contributed by atoms with van der Waals surface area (Å²) in [5.41, 5.74) is 1.44. The average Bonchev–Trinajstić information content (AvgIpc) is 2.60. The molecular formula is C19H22ClN3O4S. The predicted octanol–water partition coefficient (Wildman–Crippen LogP) is 3.48. The molecule has 0 bridgehead atoms. The molecule has 0 saturated carbocycles. The van der Waals surface area contributed by atoms with Gasteiger partial charge in [0.25, 0.3) is 0 Å². The lowest BCUT2D eigenvalue weighted by Gasteiger charge is -2.30. The van der Waals surface area contributed by atoms with Crippen molar-refractivity contribution in [1.82, 2.24) is 0 Å². The van der Waals surface area contributed by atoms with Gasteiger partial charge in [-0.1, -0.05) is 18.5 Å². The number of nitrogens with one attached hydrogen (secondary N) is 2. The molecule has 1 atom stereocenters. The standard InChI is InChI=1S/C19H22ClN3O4S/c1-4-18(23(28(3,26)27)17-11-5-14(20)6-12-17)19(25)22-16-9-7-15(8-10-16)21-13(2)24/h5-12,18H,4H2,1-3H3,(H,21,24)(H,22,25)/t18-/m0/s1. The first-order valence-electron chi connectivity index (χ1n) is 8.55. The Bertz CT molecular complexity index is 944. The normalized spacial score (nSPS) is 12.1. The fourth-order valence-corrected chi connectivity index (χ4v) is 4.05. The number of amides is 2. The highest BCUT2D eigenvalue weighted by Gasteiger charge is 2.31. The monoisotopic (exact) mass is 423 g/mol. The quantitative estimate of drug-likeness (QED) is 0.712. The van der Waals surface area contributed by atoms with Crippen molar-refractivity contribution in [3.63, 3.8) is 0 Å². The maximum absolute atomic E-state index is 12.8. The minimum atomic E-state index is -3.72. The van der Waals surface area contributed by atoms with Gasteiger partial charge >= 0.3 is 0 Å². The molecule has 0 radical (unpaired) electrons. The Labute approximate surface area is 169 Å². The molecule has 0 unspecified atom stereocenters. The van der Waals surface area contributed by atoms with E-state index >= 15 is 0 Å². The van der Waals surface area contributed by atoms with Crippen molar-refractivity contribution in [2.75, 3.05) is 21.2 Å². The lowest BCUT2D eigenvalue weighted by Crippen LogP contribution is -2.46. The van der Waals surface area contributed by atoms with Crippen molar-refractivity contribution >= 4 is 50.5 Å². The molecule has 0 aliphatic heterocycles. The number of carbonyl (C=O) groups is 2. The number of nitrogens with zero attached hydrogens (tertiary/aromatic N) is 1. The first-order valence-corrected chi connectivity index (χ1v) is 10.8. The van der Waals surface area contributed by atoms with E-state index in [0.717, 1.165) is 10.6 Å². The van der Waals surface area contributed by atoms with Crippen molar-refractivity contribution in [2.45, 2.75) is 26.3 Å². The van der Waals surface area contributed by atoms with Gasteiger partial charge in [-0.05, 0) is 55.0 Å². The fraction of sp³-hybridized carbons (Fsp3) is 0.263. The molecule has 0 spiro atoms. The molecule has 2 aromatic rings. The zero-order valence-electron chi connectivity index (χ0n) is 15.8. The molecule has 0 fully saturated rings. The molecule has 150 valence electrons. The summed E-state index contributed by atoms with van der Waals surface area (Å²) < 4.78 is 25.9. The molecule has 28 heavy (non-hydrogen) atoms. The Balaban J connectivity index is 2.26. The molecular weight excluding hydrogens is 402 g/mol. The number of benzene rings is 2. The summed E-state index contributed by atoms with van der Waals surface area (Å²) in [7, 11) is -3.72. The van der Waals surface area contributed by atoms with E-state index in [-0.39, 0.29) is 12.3 Å². The highest BCUT2D eigenvalue weighted by atomic mass is 35.5. The average molecular weight is 424 g/mol. The number of rotatable bonds is 7. The lowest BCUT2D eigenvalue weighted by molar-refractivity contribution is -0.117. The van der Waals surface area contributed by atoms with Gasteiger partial charge in [0, 0.05) is 23.3 Å². The molecule has 7 nitrogen and oxygen atoms in total. The van der Waals surface area contributed by atoms with Crippen LogP contribution >= 0.6 is 11.6 Å². The van der Waals surface area contributed by atoms with E-state index in [1.807, 2.05) is 0 Å². The maximum Gasteiger partial charge on any atom is 0.248 e. The van der Waals surface area contributed by atoms with Crippen molar-refractivity contribution in [1.29, 1.82) is 0 Å². The van der Waals surface area contributed by atoms with Gasteiger partial charge in [0.2, 0.25) is 21.8 Å². The molecule has 9 heteroatoms. The topological polar surface area (TPSA) is 95.6 Å². The summed E-state index contributed by atoms with van der Waals surface area (Å²) in [5.74, 6) is -0.662. The number of sulfonamides is 1. The van der Waals surface area contributed by atoms with Crippen LogP contribution in [0.1, 0.15) is 20.3 Å². The molecule has 0 saturated heterocycles. The first-order chi connectivity index (χ1) is 13.1. The smallest absolute Gasteiger partial charge is 0.248 e. The van der Waals surface area contributed by atoms with Crippen LogP contribution in [-0.2, 0) is 19.6 Å². The summed E-state index contributed by atoms with van der Waals surface area (Å²) in [6, 6.07) is 11.9. The highest BCUT2D eigenvalue weighted by molar-refractivity contribution is 7.92. The first kappa shape index (κ1) is 21.7. The van der Waals surface area contributed by atoms with Crippen molar-refractivity contribution in [3.05, 3.63) is 53.6 Å². The van der Waals surface area contributed by atoms with Crippen LogP contribution in [-0.4, -0.2) is 32.5 Å². The van der Waals surface area contributed by atoms with Crippen LogP contribution in [0.4, 0.5) is 17.1 Å². The summed E-state index contributed by atoms with van der Waals surface area (Å²) in [5, 5.41) is 5.82. The molecule has 2 rings (SSSR count). The summed E-state index contributed by atoms with van der Waals surface area (Å²) >= 11 is 5.88. The Hall–Kier alpha value is -2.58. The van der Waals surface area contributed by atoms with E-state index < -0.39 is 22.0 Å². The summed E-state index contributed by atoms with van der Waals surface area (Å²) in [6.07, 6.45) is 1.32. The Morgan fingerprint density at radius 1 is 1.00 bits per heavy atom. The van der Waals surface area contributed by atoms with E-state index in [0.29, 0.717) is 22.1 Å². The Morgan fingerprint density at radius 2 is 1.50 bits per heavy atom. The van der Waals surface area contributed by atoms with Crippen LogP contribution in [0.2, 0.25) is 5.02 Å². The number of anilines is 3. The fourth-order valence-electron chi connectivity index (χ4n) is 2.71. The summed E-state index contributed by atoms with van der Waals surface area (Å²) in [4.78, 5) is 23.9. The van der Waals surface area contributed by atoms with Gasteiger partial charge in [-0.25, -0.2) is 8.42 Å². The second-order valence-corrected chi connectivity index (χ2v) is 8.50. The predicted molar refractivity (Wildman–Crippen MR) is 112 cm³/mol. The molecule has 2 N–H and O–H groups in total. The van der Waals surface area contributed by atoms with Crippen LogP contribution in [0.3, 0.4) is 0 Å². The third kappa shape index (κ3) is 5.71. The van der Waals surface area contributed by atoms with Crippen LogP contribution in [0.15, 0.2) is 48.5 Å². The Morgan fingerprint density at radius 3 is 1.93 bits per heavy atom. The zero-order valence-corrected chi connectivity index (χ0v) is 17.3. The second-order valence-electron chi connectivity index (χ2n) is 6.21. The van der Waals surface area contributed by atoms with Crippen molar-refractivity contribution < 1.29 is 18.0 Å². The van der Waals surface area contributed by atoms with E-state index in [9.17, 15) is 18.0 Å². The largest absolute Gasteiger partial charge is 0.326 e. The van der Waals surface area contributed by atoms with E-state index in [2.05, 4.69) is 10.6 Å². The molecule has 0 aliphatic carbocycles. The van der Waals surface area contributed by atoms with Gasteiger partial charge in [-0.15, -0.1) is 0 Å². The number of carbonyl (C=O) groups excluding carboxylic acids is 2. The van der Waals surface area contributed by atoms with Gasteiger partial charge in [0.05, 0.1) is 11.9 Å². The van der Waals surface area contributed by atoms with Gasteiger partial charge in [0.15, 0.2) is 0 Å².